The van der Waals surface area contributed by atoms with Crippen LogP contribution in [0.2, 0.25) is 10.0 Å². The number of hydrogen-bond donors (Lipinski definition) is 0. The zero-order valence-corrected chi connectivity index (χ0v) is 12.9. The van der Waals surface area contributed by atoms with Crippen LogP contribution < -0.4 is 0 Å². The van der Waals surface area contributed by atoms with Crippen molar-refractivity contribution in [3.05, 3.63) is 69.2 Å². The van der Waals surface area contributed by atoms with Crippen molar-refractivity contribution < 1.29 is 0 Å². The predicted molar refractivity (Wildman–Crippen MR) is 84.6 cm³/mol. The first-order valence-electron chi connectivity index (χ1n) is 6.30. The second-order valence-corrected chi connectivity index (χ2v) is 5.74. The Morgan fingerprint density at radius 2 is 1.53 bits per heavy atom. The average Bonchev–Trinajstić information content (AvgIpc) is 2.39. The first-order chi connectivity index (χ1) is 9.13. The van der Waals surface area contributed by atoms with Gasteiger partial charge in [-0.05, 0) is 29.7 Å². The van der Waals surface area contributed by atoms with Gasteiger partial charge in [-0.1, -0.05) is 66.9 Å². The lowest BCUT2D eigenvalue weighted by molar-refractivity contribution is 0.920. The molecule has 0 amide bonds. The number of aryl methyl sites for hydroxylation is 1. The van der Waals surface area contributed by atoms with Gasteiger partial charge in [0.15, 0.2) is 0 Å². The van der Waals surface area contributed by atoms with Gasteiger partial charge in [0, 0.05) is 15.6 Å². The van der Waals surface area contributed by atoms with Gasteiger partial charge >= 0.3 is 0 Å². The molecule has 0 N–H and O–H groups in total. The van der Waals surface area contributed by atoms with Crippen molar-refractivity contribution in [3.63, 3.8) is 0 Å². The van der Waals surface area contributed by atoms with Crippen LogP contribution in [-0.2, 0) is 6.42 Å². The van der Waals surface area contributed by atoms with Crippen molar-refractivity contribution in [2.45, 2.75) is 25.1 Å². The monoisotopic (exact) mass is 312 g/mol. The van der Waals surface area contributed by atoms with E-state index < -0.39 is 0 Å². The fourth-order valence-electron chi connectivity index (χ4n) is 2.06. The summed E-state index contributed by atoms with van der Waals surface area (Å²) in [6.45, 7) is 2.17. The summed E-state index contributed by atoms with van der Waals surface area (Å²) in [6, 6.07) is 13.7. The molecule has 0 aromatic heterocycles. The van der Waals surface area contributed by atoms with Gasteiger partial charge in [-0.25, -0.2) is 0 Å². The molecule has 2 rings (SSSR count). The molecule has 2 aromatic rings. The third kappa shape index (κ3) is 3.45. The van der Waals surface area contributed by atoms with Crippen molar-refractivity contribution in [2.24, 2.45) is 0 Å². The van der Waals surface area contributed by atoms with Crippen LogP contribution in [0.3, 0.4) is 0 Å². The summed E-state index contributed by atoms with van der Waals surface area (Å²) in [6.07, 6.45) is 2.22. The Bertz CT molecular complexity index is 526. The molecule has 2 aromatic carbocycles. The van der Waals surface area contributed by atoms with E-state index in [-0.39, 0.29) is 5.38 Å². The lowest BCUT2D eigenvalue weighted by Crippen LogP contribution is -1.96. The lowest BCUT2D eigenvalue weighted by Gasteiger charge is -2.14. The molecular weight excluding hydrogens is 299 g/mol. The van der Waals surface area contributed by atoms with Crippen LogP contribution in [0.15, 0.2) is 42.5 Å². The van der Waals surface area contributed by atoms with Crippen molar-refractivity contribution in [3.8, 4) is 0 Å². The van der Waals surface area contributed by atoms with Crippen LogP contribution in [-0.4, -0.2) is 0 Å². The third-order valence-corrected chi connectivity index (χ3v) is 4.19. The van der Waals surface area contributed by atoms with Gasteiger partial charge in [0.05, 0.1) is 5.38 Å². The van der Waals surface area contributed by atoms with Crippen molar-refractivity contribution in [1.29, 1.82) is 0 Å². The average molecular weight is 314 g/mol. The lowest BCUT2D eigenvalue weighted by atomic mass is 10.0. The number of halogens is 3. The summed E-state index contributed by atoms with van der Waals surface area (Å²) in [5, 5.41) is 0.882. The van der Waals surface area contributed by atoms with E-state index in [0.29, 0.717) is 10.0 Å². The van der Waals surface area contributed by atoms with E-state index in [1.165, 1.54) is 5.56 Å². The van der Waals surface area contributed by atoms with Crippen molar-refractivity contribution >= 4 is 34.8 Å². The zero-order chi connectivity index (χ0) is 13.8. The topological polar surface area (TPSA) is 0 Å². The quantitative estimate of drug-likeness (QED) is 0.583. The van der Waals surface area contributed by atoms with Crippen LogP contribution in [0, 0.1) is 0 Å². The second kappa shape index (κ2) is 6.65. The highest BCUT2D eigenvalue weighted by molar-refractivity contribution is 6.38. The molecule has 19 heavy (non-hydrogen) atoms. The van der Waals surface area contributed by atoms with E-state index in [0.717, 1.165) is 24.0 Å². The van der Waals surface area contributed by atoms with Gasteiger partial charge in [0.25, 0.3) is 0 Å². The minimum atomic E-state index is -0.322. The van der Waals surface area contributed by atoms with Crippen LogP contribution in [0.1, 0.15) is 35.4 Å². The largest absolute Gasteiger partial charge is 0.112 e. The minimum Gasteiger partial charge on any atom is -0.112 e. The maximum Gasteiger partial charge on any atom is 0.0864 e. The summed E-state index contributed by atoms with van der Waals surface area (Å²) < 4.78 is 0. The molecule has 3 heteroatoms. The van der Waals surface area contributed by atoms with Crippen molar-refractivity contribution in [1.82, 2.24) is 0 Å². The summed E-state index contributed by atoms with van der Waals surface area (Å²) in [7, 11) is 0. The molecule has 0 bridgehead atoms. The molecule has 0 aliphatic carbocycles. The Morgan fingerprint density at radius 1 is 0.947 bits per heavy atom. The summed E-state index contributed by atoms with van der Waals surface area (Å²) in [5.74, 6) is 0. The number of alkyl halides is 1. The van der Waals surface area contributed by atoms with E-state index in [4.69, 9.17) is 34.8 Å². The third-order valence-electron chi connectivity index (χ3n) is 3.06. The van der Waals surface area contributed by atoms with E-state index in [1.54, 1.807) is 0 Å². The Labute approximate surface area is 129 Å². The summed E-state index contributed by atoms with van der Waals surface area (Å²) in [4.78, 5) is 0. The standard InChI is InChI=1S/C16H15Cl3/c1-2-4-11-7-9-12(10-8-11)16(19)15-13(17)5-3-6-14(15)18/h3,5-10,16H,2,4H2,1H3. The normalized spacial score (nSPS) is 12.4. The fourth-order valence-corrected chi connectivity index (χ4v) is 3.17. The van der Waals surface area contributed by atoms with E-state index in [2.05, 4.69) is 19.1 Å². The van der Waals surface area contributed by atoms with Gasteiger partial charge in [-0.2, -0.15) is 0 Å². The van der Waals surface area contributed by atoms with Gasteiger partial charge in [-0.3, -0.25) is 0 Å². The molecule has 1 unspecified atom stereocenters. The summed E-state index contributed by atoms with van der Waals surface area (Å²) in [5.41, 5.74) is 3.10. The molecular formula is C16H15Cl3. The molecule has 0 heterocycles. The van der Waals surface area contributed by atoms with Crippen molar-refractivity contribution in [2.75, 3.05) is 0 Å². The van der Waals surface area contributed by atoms with E-state index in [9.17, 15) is 0 Å². The molecule has 0 saturated carbocycles. The molecule has 0 saturated heterocycles. The smallest absolute Gasteiger partial charge is 0.0864 e. The zero-order valence-electron chi connectivity index (χ0n) is 10.7. The Hall–Kier alpha value is -0.690. The molecule has 0 spiro atoms. The highest BCUT2D eigenvalue weighted by Gasteiger charge is 2.17. The number of hydrogen-bond acceptors (Lipinski definition) is 0. The van der Waals surface area contributed by atoms with Crippen LogP contribution in [0.4, 0.5) is 0 Å². The molecule has 0 aliphatic heterocycles. The Kier molecular flexibility index (Phi) is 5.15. The highest BCUT2D eigenvalue weighted by Crippen LogP contribution is 2.38. The minimum absolute atomic E-state index is 0.322. The Balaban J connectivity index is 2.31. The van der Waals surface area contributed by atoms with Crippen LogP contribution in [0.5, 0.6) is 0 Å². The Morgan fingerprint density at radius 3 is 2.05 bits per heavy atom. The molecule has 1 atom stereocenters. The van der Waals surface area contributed by atoms with Gasteiger partial charge in [0.2, 0.25) is 0 Å². The van der Waals surface area contributed by atoms with Crippen LogP contribution in [0.25, 0.3) is 0 Å². The number of benzene rings is 2. The summed E-state index contributed by atoms with van der Waals surface area (Å²) >= 11 is 18.9. The van der Waals surface area contributed by atoms with E-state index in [1.807, 2.05) is 30.3 Å². The van der Waals surface area contributed by atoms with Gasteiger partial charge in [0.1, 0.15) is 0 Å². The fraction of sp³-hybridized carbons (Fsp3) is 0.250. The molecule has 0 aliphatic rings. The molecule has 100 valence electrons. The SMILES string of the molecule is CCCc1ccc(C(Cl)c2c(Cl)cccc2Cl)cc1. The van der Waals surface area contributed by atoms with Gasteiger partial charge in [-0.15, -0.1) is 11.6 Å². The highest BCUT2D eigenvalue weighted by atomic mass is 35.5. The second-order valence-electron chi connectivity index (χ2n) is 4.49. The maximum absolute atomic E-state index is 6.50. The first-order valence-corrected chi connectivity index (χ1v) is 7.49. The van der Waals surface area contributed by atoms with Crippen LogP contribution >= 0.6 is 34.8 Å². The number of rotatable bonds is 4. The predicted octanol–water partition coefficient (Wildman–Crippen LogP) is 6.27. The maximum atomic E-state index is 6.50. The van der Waals surface area contributed by atoms with Gasteiger partial charge < -0.3 is 0 Å². The molecule has 0 fully saturated rings. The molecule has 0 nitrogen and oxygen atoms in total. The van der Waals surface area contributed by atoms with E-state index >= 15 is 0 Å². The first kappa shape index (κ1) is 14.7. The molecule has 0 radical (unpaired) electrons.